The summed E-state index contributed by atoms with van der Waals surface area (Å²) in [5, 5.41) is 34.9. The third-order valence-electron chi connectivity index (χ3n) is 1.01. The highest BCUT2D eigenvalue weighted by molar-refractivity contribution is 5.80. The van der Waals surface area contributed by atoms with Gasteiger partial charge in [0, 0.05) is 0 Å². The second-order valence-electron chi connectivity index (χ2n) is 2.30. The average molecular weight is 218 g/mol. The van der Waals surface area contributed by atoms with Gasteiger partial charge in [-0.3, -0.25) is 5.32 Å². The van der Waals surface area contributed by atoms with Gasteiger partial charge >= 0.3 is 12.1 Å². The smallest absolute Gasteiger partial charge is 0.410 e. The van der Waals surface area contributed by atoms with Gasteiger partial charge in [-0.1, -0.05) is 0 Å². The van der Waals surface area contributed by atoms with Gasteiger partial charge in [0.1, 0.15) is 6.10 Å². The number of amides is 1. The zero-order valence-electron chi connectivity index (χ0n) is 7.71. The first-order valence-corrected chi connectivity index (χ1v) is 3.70. The quantitative estimate of drug-likeness (QED) is 0.442. The molecule has 9 heteroatoms. The molecule has 1 heterocycles. The fraction of sp³-hybridized carbons (Fsp3) is 0.333. The van der Waals surface area contributed by atoms with E-state index < -0.39 is 18.2 Å². The predicted molar refractivity (Wildman–Crippen MR) is 47.3 cm³/mol. The van der Waals surface area contributed by atoms with E-state index in [1.165, 1.54) is 13.1 Å². The van der Waals surface area contributed by atoms with Crippen LogP contribution in [0.1, 0.15) is 6.92 Å². The lowest BCUT2D eigenvalue weighted by molar-refractivity contribution is -0.145. The molecule has 0 aromatic carbocycles. The fourth-order valence-corrected chi connectivity index (χ4v) is 0.371. The number of nitrogens with one attached hydrogen (secondary N) is 2. The maximum absolute atomic E-state index is 9.87. The van der Waals surface area contributed by atoms with E-state index in [1.807, 2.05) is 5.32 Å². The lowest BCUT2D eigenvalue weighted by Gasteiger charge is -1.89. The number of H-pyrrole nitrogens is 1. The standard InChI is InChI=1S/C3H4N4O2.C3H6O3/c8-3(9)5-2-1-4-7-6-2;1-2(4)3(5)6/h1H,(H,8,9)(H2,4,5,6,7);2,4H,1H3,(H,5,6). The number of aromatic amines is 1. The zero-order valence-corrected chi connectivity index (χ0v) is 7.71. The summed E-state index contributed by atoms with van der Waals surface area (Å²) in [6, 6.07) is 0. The van der Waals surface area contributed by atoms with E-state index in [2.05, 4.69) is 15.4 Å². The molecule has 0 bridgehead atoms. The molecule has 0 fully saturated rings. The van der Waals surface area contributed by atoms with Gasteiger partial charge in [0.15, 0.2) is 5.82 Å². The molecule has 1 rings (SSSR count). The lowest BCUT2D eigenvalue weighted by atomic mass is 10.4. The molecule has 0 aliphatic carbocycles. The van der Waals surface area contributed by atoms with Crippen molar-refractivity contribution in [1.82, 2.24) is 15.4 Å². The van der Waals surface area contributed by atoms with Gasteiger partial charge in [0.05, 0.1) is 6.20 Å². The minimum Gasteiger partial charge on any atom is -0.479 e. The monoisotopic (exact) mass is 218 g/mol. The molecule has 15 heavy (non-hydrogen) atoms. The number of nitrogens with zero attached hydrogens (tertiary/aromatic N) is 2. The van der Waals surface area contributed by atoms with Gasteiger partial charge in [-0.15, -0.1) is 5.10 Å². The molecule has 0 aliphatic rings. The predicted octanol–water partition coefficient (Wildman–Crippen LogP) is -0.654. The lowest BCUT2D eigenvalue weighted by Crippen LogP contribution is -2.13. The van der Waals surface area contributed by atoms with E-state index in [9.17, 15) is 9.59 Å². The van der Waals surface area contributed by atoms with Crippen molar-refractivity contribution >= 4 is 17.9 Å². The van der Waals surface area contributed by atoms with Crippen molar-refractivity contribution in [2.75, 3.05) is 5.32 Å². The molecule has 0 saturated heterocycles. The first kappa shape index (κ1) is 12.8. The minimum absolute atomic E-state index is 0.197. The molecule has 1 amide bonds. The molecular formula is C6H10N4O5. The number of carboxylic acid groups (broad SMARTS) is 2. The number of aliphatic hydroxyl groups excluding tert-OH is 1. The highest BCUT2D eigenvalue weighted by Crippen LogP contribution is 1.93. The third kappa shape index (κ3) is 6.95. The van der Waals surface area contributed by atoms with Crippen LogP contribution < -0.4 is 5.32 Å². The molecular weight excluding hydrogens is 208 g/mol. The van der Waals surface area contributed by atoms with Crippen LogP contribution in [-0.2, 0) is 4.79 Å². The summed E-state index contributed by atoms with van der Waals surface area (Å²) in [5.74, 6) is -0.988. The van der Waals surface area contributed by atoms with Crippen molar-refractivity contribution in [3.05, 3.63) is 6.20 Å². The van der Waals surface area contributed by atoms with Gasteiger partial charge in [0.2, 0.25) is 0 Å². The molecule has 0 saturated carbocycles. The summed E-state index contributed by atoms with van der Waals surface area (Å²) in [4.78, 5) is 19.3. The highest BCUT2D eigenvalue weighted by atomic mass is 16.4. The van der Waals surface area contributed by atoms with E-state index in [0.717, 1.165) is 0 Å². The molecule has 84 valence electrons. The van der Waals surface area contributed by atoms with E-state index in [-0.39, 0.29) is 5.82 Å². The number of carboxylic acids is 1. The van der Waals surface area contributed by atoms with Crippen LogP contribution in [0, 0.1) is 0 Å². The maximum Gasteiger partial charge on any atom is 0.410 e. The number of anilines is 1. The SMILES string of the molecule is CC(O)C(=O)O.O=C(O)Nc1cn[nH]n1. The van der Waals surface area contributed by atoms with Crippen LogP contribution in [0.5, 0.6) is 0 Å². The molecule has 1 aromatic heterocycles. The molecule has 1 unspecified atom stereocenters. The Balaban J connectivity index is 0.000000288. The van der Waals surface area contributed by atoms with Crippen LogP contribution in [0.4, 0.5) is 10.6 Å². The molecule has 1 aromatic rings. The summed E-state index contributed by atoms with van der Waals surface area (Å²) in [6.45, 7) is 1.20. The summed E-state index contributed by atoms with van der Waals surface area (Å²) in [7, 11) is 0. The Bertz CT molecular complexity index is 309. The van der Waals surface area contributed by atoms with Gasteiger partial charge in [0.25, 0.3) is 0 Å². The van der Waals surface area contributed by atoms with Gasteiger partial charge in [-0.05, 0) is 6.92 Å². The van der Waals surface area contributed by atoms with Crippen molar-refractivity contribution < 1.29 is 24.9 Å². The number of hydrogen-bond donors (Lipinski definition) is 5. The van der Waals surface area contributed by atoms with Crippen LogP contribution in [-0.4, -0.2) is 48.9 Å². The Labute approximate surface area is 83.7 Å². The number of rotatable bonds is 2. The number of aliphatic carboxylic acids is 1. The first-order valence-electron chi connectivity index (χ1n) is 3.70. The van der Waals surface area contributed by atoms with Crippen molar-refractivity contribution in [1.29, 1.82) is 0 Å². The highest BCUT2D eigenvalue weighted by Gasteiger charge is 2.01. The molecule has 0 aliphatic heterocycles. The van der Waals surface area contributed by atoms with Crippen molar-refractivity contribution in [2.24, 2.45) is 0 Å². The second kappa shape index (κ2) is 6.32. The Morgan fingerprint density at radius 2 is 2.07 bits per heavy atom. The summed E-state index contributed by atoms with van der Waals surface area (Å²) in [5.41, 5.74) is 0. The zero-order chi connectivity index (χ0) is 11.8. The number of carbonyl (C=O) groups is 2. The van der Waals surface area contributed by atoms with E-state index >= 15 is 0 Å². The van der Waals surface area contributed by atoms with Crippen LogP contribution in [0.25, 0.3) is 0 Å². The van der Waals surface area contributed by atoms with Crippen LogP contribution in [0.3, 0.4) is 0 Å². The summed E-state index contributed by atoms with van der Waals surface area (Å²) in [6.07, 6.45) is -1.11. The molecule has 5 N–H and O–H groups in total. The molecule has 0 spiro atoms. The summed E-state index contributed by atoms with van der Waals surface area (Å²) < 4.78 is 0. The van der Waals surface area contributed by atoms with Gasteiger partial charge in [-0.2, -0.15) is 10.3 Å². The minimum atomic E-state index is -1.23. The Kier molecular flexibility index (Phi) is 5.41. The van der Waals surface area contributed by atoms with Crippen LogP contribution in [0.2, 0.25) is 0 Å². The Hall–Kier alpha value is -2.16. The Morgan fingerprint density at radius 1 is 1.53 bits per heavy atom. The van der Waals surface area contributed by atoms with Crippen LogP contribution >= 0.6 is 0 Å². The van der Waals surface area contributed by atoms with E-state index in [0.29, 0.717) is 0 Å². The average Bonchev–Trinajstić information content (AvgIpc) is 2.56. The van der Waals surface area contributed by atoms with Crippen molar-refractivity contribution in [3.63, 3.8) is 0 Å². The second-order valence-corrected chi connectivity index (χ2v) is 2.30. The topological polar surface area (TPSA) is 148 Å². The first-order chi connectivity index (χ1) is 6.93. The van der Waals surface area contributed by atoms with Gasteiger partial charge < -0.3 is 15.3 Å². The molecule has 9 nitrogen and oxygen atoms in total. The molecule has 0 radical (unpaired) electrons. The Morgan fingerprint density at radius 3 is 2.33 bits per heavy atom. The maximum atomic E-state index is 9.87. The number of aromatic nitrogens is 3. The number of hydrogen-bond acceptors (Lipinski definition) is 5. The van der Waals surface area contributed by atoms with Gasteiger partial charge in [-0.25, -0.2) is 9.59 Å². The van der Waals surface area contributed by atoms with E-state index in [4.69, 9.17) is 15.3 Å². The third-order valence-corrected chi connectivity index (χ3v) is 1.01. The van der Waals surface area contributed by atoms with Crippen LogP contribution in [0.15, 0.2) is 6.20 Å². The summed E-state index contributed by atoms with van der Waals surface area (Å²) >= 11 is 0. The molecule has 1 atom stereocenters. The van der Waals surface area contributed by atoms with Crippen molar-refractivity contribution in [3.8, 4) is 0 Å². The normalized spacial score (nSPS) is 10.8. The largest absolute Gasteiger partial charge is 0.479 e. The number of aliphatic hydroxyl groups is 1. The fourth-order valence-electron chi connectivity index (χ4n) is 0.371. The van der Waals surface area contributed by atoms with Crippen molar-refractivity contribution in [2.45, 2.75) is 13.0 Å². The van der Waals surface area contributed by atoms with E-state index in [1.54, 1.807) is 0 Å².